The van der Waals surface area contributed by atoms with Crippen molar-refractivity contribution in [1.82, 2.24) is 0 Å². The zero-order valence-electron chi connectivity index (χ0n) is 24.8. The highest BCUT2D eigenvalue weighted by Crippen LogP contribution is 2.39. The van der Waals surface area contributed by atoms with Crippen molar-refractivity contribution in [1.29, 1.82) is 0 Å². The molecule has 0 saturated carbocycles. The van der Waals surface area contributed by atoms with Crippen LogP contribution in [-0.2, 0) is 28.4 Å². The summed E-state index contributed by atoms with van der Waals surface area (Å²) in [6.07, 6.45) is 8.68. The van der Waals surface area contributed by atoms with Crippen molar-refractivity contribution in [3.8, 4) is 0 Å². The summed E-state index contributed by atoms with van der Waals surface area (Å²) in [6.45, 7) is 23.2. The molecule has 0 radical (unpaired) electrons. The molecule has 0 aliphatic heterocycles. The summed E-state index contributed by atoms with van der Waals surface area (Å²) < 4.78 is 35.2. The van der Waals surface area contributed by atoms with Crippen LogP contribution >= 0.6 is 11.8 Å². The summed E-state index contributed by atoms with van der Waals surface area (Å²) in [5.74, 6) is 1.54. The van der Waals surface area contributed by atoms with E-state index in [1.54, 1.807) is 11.8 Å². The second kappa shape index (κ2) is 21.2. The lowest BCUT2D eigenvalue weighted by Crippen LogP contribution is -2.18. The fraction of sp³-hybridized carbons (Fsp3) is 0.862. The van der Waals surface area contributed by atoms with Crippen LogP contribution in [-0.4, -0.2) is 72.3 Å². The molecule has 0 fully saturated rings. The van der Waals surface area contributed by atoms with Gasteiger partial charge in [0.2, 0.25) is 0 Å². The van der Waals surface area contributed by atoms with Gasteiger partial charge in [-0.2, -0.15) is 0 Å². The van der Waals surface area contributed by atoms with Crippen LogP contribution < -0.4 is 0 Å². The van der Waals surface area contributed by atoms with Crippen molar-refractivity contribution in [2.75, 3.05) is 72.3 Å². The van der Waals surface area contributed by atoms with Crippen LogP contribution in [0, 0.1) is 10.8 Å². The number of hydrogen-bond donors (Lipinski definition) is 0. The van der Waals surface area contributed by atoms with E-state index in [0.717, 1.165) is 55.3 Å². The molecule has 0 heterocycles. The molecule has 0 spiro atoms. The third-order valence-electron chi connectivity index (χ3n) is 4.87. The highest BCUT2D eigenvalue weighted by Gasteiger charge is 2.26. The summed E-state index contributed by atoms with van der Waals surface area (Å²) in [6, 6.07) is 0. The number of thioether (sulfide) groups is 1. The van der Waals surface area contributed by atoms with Crippen molar-refractivity contribution in [3.05, 3.63) is 22.5 Å². The predicted molar refractivity (Wildman–Crippen MR) is 153 cm³/mol. The molecule has 6 nitrogen and oxygen atoms in total. The van der Waals surface area contributed by atoms with Gasteiger partial charge < -0.3 is 28.4 Å². The quantitative estimate of drug-likeness (QED) is 0.0827. The average Bonchev–Trinajstić information content (AvgIpc) is 2.79. The predicted octanol–water partition coefficient (Wildman–Crippen LogP) is 7.24. The van der Waals surface area contributed by atoms with Crippen LogP contribution in [0.25, 0.3) is 0 Å². The Balaban J connectivity index is 5.10. The summed E-state index contributed by atoms with van der Waals surface area (Å²) in [7, 11) is 0. The highest BCUT2D eigenvalue weighted by molar-refractivity contribution is 8.02. The zero-order valence-corrected chi connectivity index (χ0v) is 25.7. The third kappa shape index (κ3) is 19.4. The van der Waals surface area contributed by atoms with E-state index in [1.165, 1.54) is 0 Å². The third-order valence-corrected chi connectivity index (χ3v) is 6.07. The molecule has 0 unspecified atom stereocenters. The Bertz CT molecular complexity index is 590. The molecule has 36 heavy (non-hydrogen) atoms. The van der Waals surface area contributed by atoms with Gasteiger partial charge in [-0.1, -0.05) is 68.2 Å². The minimum absolute atomic E-state index is 0.0777. The Labute approximate surface area is 226 Å². The molecule has 0 N–H and O–H groups in total. The fourth-order valence-electron chi connectivity index (χ4n) is 3.10. The first kappa shape index (κ1) is 35.3. The number of unbranched alkanes of at least 4 members (excludes halogenated alkanes) is 2. The lowest BCUT2D eigenvalue weighted by atomic mass is 9.92. The molecule has 0 aliphatic carbocycles. The van der Waals surface area contributed by atoms with Crippen molar-refractivity contribution in [2.45, 2.75) is 81.1 Å². The van der Waals surface area contributed by atoms with Gasteiger partial charge in [-0.3, -0.25) is 0 Å². The Morgan fingerprint density at radius 3 is 1.42 bits per heavy atom. The number of allylic oxidation sites excluding steroid dienone is 2. The van der Waals surface area contributed by atoms with Gasteiger partial charge in [-0.15, -0.1) is 11.8 Å². The topological polar surface area (TPSA) is 55.4 Å². The summed E-state index contributed by atoms with van der Waals surface area (Å²) in [5.41, 5.74) is -0.166. The first-order valence-electron chi connectivity index (χ1n) is 13.6. The number of hydrogen-bond acceptors (Lipinski definition) is 7. The Morgan fingerprint density at radius 2 is 1.03 bits per heavy atom. The maximum atomic E-state index is 6.35. The van der Waals surface area contributed by atoms with Crippen LogP contribution in [0.15, 0.2) is 22.5 Å². The number of rotatable bonds is 22. The second-order valence-electron chi connectivity index (χ2n) is 10.8. The first-order chi connectivity index (χ1) is 17.1. The maximum Gasteiger partial charge on any atom is 0.170 e. The summed E-state index contributed by atoms with van der Waals surface area (Å²) >= 11 is 1.70. The molecule has 0 aromatic rings. The van der Waals surface area contributed by atoms with Crippen molar-refractivity contribution >= 4 is 11.8 Å². The van der Waals surface area contributed by atoms with E-state index in [2.05, 4.69) is 67.7 Å². The standard InChI is InChI=1S/C29H56O6S/c1-10-12-14-30-16-18-32-20-22-34-25(24-28(3,4)5)26(27(36-9)29(6,7)8)35-23-21-33-19-17-31-15-13-11-2/h24H,10-23H2,1-9H3/b25-24-,27-26+. The Hall–Kier alpha value is -0.730. The molecule has 0 aromatic carbocycles. The van der Waals surface area contributed by atoms with E-state index in [0.29, 0.717) is 52.9 Å². The molecule has 0 bridgehead atoms. The van der Waals surface area contributed by atoms with Crippen molar-refractivity contribution < 1.29 is 28.4 Å². The van der Waals surface area contributed by atoms with Gasteiger partial charge in [-0.05, 0) is 36.0 Å². The van der Waals surface area contributed by atoms with E-state index in [9.17, 15) is 0 Å². The lowest BCUT2D eigenvalue weighted by molar-refractivity contribution is 0.0156. The summed E-state index contributed by atoms with van der Waals surface area (Å²) in [5, 5.41) is 0. The van der Waals surface area contributed by atoms with Crippen molar-refractivity contribution in [3.63, 3.8) is 0 Å². The smallest absolute Gasteiger partial charge is 0.170 e. The molecule has 214 valence electrons. The Kier molecular flexibility index (Phi) is 20.8. The van der Waals surface area contributed by atoms with Gasteiger partial charge in [-0.25, -0.2) is 0 Å². The van der Waals surface area contributed by atoms with Gasteiger partial charge in [0.15, 0.2) is 11.5 Å². The molecule has 0 aliphatic rings. The Morgan fingerprint density at radius 1 is 0.611 bits per heavy atom. The van der Waals surface area contributed by atoms with Crippen LogP contribution in [0.5, 0.6) is 0 Å². The molecular weight excluding hydrogens is 476 g/mol. The maximum absolute atomic E-state index is 6.35. The minimum atomic E-state index is -0.0879. The second-order valence-corrected chi connectivity index (χ2v) is 11.7. The average molecular weight is 533 g/mol. The van der Waals surface area contributed by atoms with E-state index in [4.69, 9.17) is 28.4 Å². The molecule has 0 amide bonds. The molecular formula is C29H56O6S. The molecule has 0 aromatic heterocycles. The monoisotopic (exact) mass is 532 g/mol. The van der Waals surface area contributed by atoms with Crippen LogP contribution in [0.3, 0.4) is 0 Å². The normalized spacial score (nSPS) is 13.6. The van der Waals surface area contributed by atoms with E-state index >= 15 is 0 Å². The van der Waals surface area contributed by atoms with Gasteiger partial charge in [0.1, 0.15) is 13.2 Å². The number of ether oxygens (including phenoxy) is 6. The van der Waals surface area contributed by atoms with Crippen molar-refractivity contribution in [2.24, 2.45) is 10.8 Å². The zero-order chi connectivity index (χ0) is 27.3. The van der Waals surface area contributed by atoms with Gasteiger partial charge in [0.05, 0.1) is 39.6 Å². The molecule has 0 rings (SSSR count). The van der Waals surface area contributed by atoms with E-state index in [1.807, 2.05) is 0 Å². The largest absolute Gasteiger partial charge is 0.488 e. The molecule has 0 atom stereocenters. The summed E-state index contributed by atoms with van der Waals surface area (Å²) in [4.78, 5) is 1.14. The fourth-order valence-corrected chi connectivity index (χ4v) is 4.06. The van der Waals surface area contributed by atoms with E-state index < -0.39 is 0 Å². The van der Waals surface area contributed by atoms with Crippen LogP contribution in [0.1, 0.15) is 81.1 Å². The van der Waals surface area contributed by atoms with Gasteiger partial charge in [0.25, 0.3) is 0 Å². The SMILES string of the molecule is CCCCOCCOCCOC(=C\C(C)(C)C)/C(OCCOCCOCCCC)=C(\SC)C(C)(C)C. The molecule has 0 saturated heterocycles. The first-order valence-corrected chi connectivity index (χ1v) is 14.9. The molecule has 7 heteroatoms. The van der Waals surface area contributed by atoms with Crippen LogP contribution in [0.4, 0.5) is 0 Å². The van der Waals surface area contributed by atoms with Gasteiger partial charge >= 0.3 is 0 Å². The van der Waals surface area contributed by atoms with Crippen LogP contribution in [0.2, 0.25) is 0 Å². The lowest BCUT2D eigenvalue weighted by Gasteiger charge is -2.27. The van der Waals surface area contributed by atoms with E-state index in [-0.39, 0.29) is 10.8 Å². The van der Waals surface area contributed by atoms with Gasteiger partial charge in [0, 0.05) is 18.1 Å². The minimum Gasteiger partial charge on any atom is -0.488 e. The highest BCUT2D eigenvalue weighted by atomic mass is 32.2.